The third kappa shape index (κ3) is 3.36. The molecule has 3 unspecified atom stereocenters. The van der Waals surface area contributed by atoms with Gasteiger partial charge in [-0.05, 0) is 41.4 Å². The van der Waals surface area contributed by atoms with E-state index in [9.17, 15) is 5.11 Å². The Balaban J connectivity index is 1.69. The zero-order chi connectivity index (χ0) is 14.7. The summed E-state index contributed by atoms with van der Waals surface area (Å²) < 4.78 is 0. The van der Waals surface area contributed by atoms with Crippen LogP contribution in [0.5, 0.6) is 0 Å². The van der Waals surface area contributed by atoms with Gasteiger partial charge >= 0.3 is 0 Å². The van der Waals surface area contributed by atoms with Gasteiger partial charge in [-0.25, -0.2) is 0 Å². The Morgan fingerprint density at radius 1 is 0.952 bits per heavy atom. The molecule has 0 amide bonds. The third-order valence-corrected chi connectivity index (χ3v) is 4.91. The van der Waals surface area contributed by atoms with Crippen molar-refractivity contribution in [3.63, 3.8) is 0 Å². The van der Waals surface area contributed by atoms with E-state index in [0.717, 1.165) is 18.4 Å². The molecule has 1 fully saturated rings. The molecule has 0 aliphatic heterocycles. The van der Waals surface area contributed by atoms with E-state index in [1.807, 2.05) is 6.07 Å². The first-order valence-electron chi connectivity index (χ1n) is 8.05. The first-order chi connectivity index (χ1) is 10.2. The second-order valence-electron chi connectivity index (χ2n) is 6.42. The maximum atomic E-state index is 10.6. The van der Waals surface area contributed by atoms with Crippen molar-refractivity contribution in [2.75, 3.05) is 0 Å². The van der Waals surface area contributed by atoms with Crippen LogP contribution in [0.15, 0.2) is 54.6 Å². The summed E-state index contributed by atoms with van der Waals surface area (Å²) in [6.07, 6.45) is 4.33. The monoisotopic (exact) mass is 280 g/mol. The predicted octanol–water partition coefficient (Wildman–Crippen LogP) is 4.75. The van der Waals surface area contributed by atoms with Gasteiger partial charge in [-0.1, -0.05) is 74.4 Å². The van der Waals surface area contributed by atoms with E-state index in [1.54, 1.807) is 0 Å². The molecule has 0 radical (unpaired) electrons. The molecule has 0 bridgehead atoms. The highest BCUT2D eigenvalue weighted by molar-refractivity contribution is 5.29. The highest BCUT2D eigenvalue weighted by Gasteiger charge is 2.30. The standard InChI is InChI=1S/C20H24O/c1-15-6-5-9-19(15)20(21)18-12-10-17(11-13-18)14-16-7-3-2-4-8-16/h2-4,7-8,10-13,15,19-21H,5-6,9,14H2,1H3. The molecule has 21 heavy (non-hydrogen) atoms. The molecule has 1 aliphatic carbocycles. The molecule has 1 saturated carbocycles. The van der Waals surface area contributed by atoms with Crippen molar-refractivity contribution < 1.29 is 5.11 Å². The van der Waals surface area contributed by atoms with Crippen LogP contribution < -0.4 is 0 Å². The van der Waals surface area contributed by atoms with Gasteiger partial charge in [0.05, 0.1) is 6.10 Å². The van der Waals surface area contributed by atoms with Crippen molar-refractivity contribution in [2.24, 2.45) is 11.8 Å². The first-order valence-corrected chi connectivity index (χ1v) is 8.05. The molecule has 0 heterocycles. The minimum absolute atomic E-state index is 0.298. The van der Waals surface area contributed by atoms with Crippen LogP contribution >= 0.6 is 0 Å². The van der Waals surface area contributed by atoms with E-state index in [4.69, 9.17) is 0 Å². The first kappa shape index (κ1) is 14.3. The van der Waals surface area contributed by atoms with Crippen molar-refractivity contribution >= 4 is 0 Å². The molecular weight excluding hydrogens is 256 g/mol. The summed E-state index contributed by atoms with van der Waals surface area (Å²) in [5.74, 6) is 1.08. The van der Waals surface area contributed by atoms with Crippen molar-refractivity contribution in [1.29, 1.82) is 0 Å². The number of rotatable bonds is 4. The van der Waals surface area contributed by atoms with Crippen LogP contribution in [0.4, 0.5) is 0 Å². The van der Waals surface area contributed by atoms with Crippen molar-refractivity contribution in [3.05, 3.63) is 71.3 Å². The van der Waals surface area contributed by atoms with Gasteiger partial charge in [0, 0.05) is 0 Å². The summed E-state index contributed by atoms with van der Waals surface area (Å²) in [5.41, 5.74) is 3.71. The Hall–Kier alpha value is -1.60. The molecule has 1 heteroatoms. The minimum atomic E-state index is -0.298. The Kier molecular flexibility index (Phi) is 4.40. The molecule has 0 aromatic heterocycles. The van der Waals surface area contributed by atoms with Crippen molar-refractivity contribution in [1.82, 2.24) is 0 Å². The number of hydrogen-bond acceptors (Lipinski definition) is 1. The van der Waals surface area contributed by atoms with E-state index in [0.29, 0.717) is 11.8 Å². The normalized spacial score (nSPS) is 23.1. The fraction of sp³-hybridized carbons (Fsp3) is 0.400. The van der Waals surface area contributed by atoms with Gasteiger partial charge in [0.15, 0.2) is 0 Å². The van der Waals surface area contributed by atoms with Gasteiger partial charge in [-0.2, -0.15) is 0 Å². The highest BCUT2D eigenvalue weighted by Crippen LogP contribution is 2.39. The summed E-state index contributed by atoms with van der Waals surface area (Å²) in [6.45, 7) is 2.27. The Morgan fingerprint density at radius 2 is 1.62 bits per heavy atom. The molecule has 3 atom stereocenters. The molecular formula is C20H24O. The smallest absolute Gasteiger partial charge is 0.0820 e. The van der Waals surface area contributed by atoms with E-state index in [1.165, 1.54) is 24.0 Å². The van der Waals surface area contributed by atoms with E-state index in [2.05, 4.69) is 55.5 Å². The van der Waals surface area contributed by atoms with E-state index >= 15 is 0 Å². The lowest BCUT2D eigenvalue weighted by molar-refractivity contribution is 0.0900. The van der Waals surface area contributed by atoms with Gasteiger partial charge in [0.25, 0.3) is 0 Å². The molecule has 1 aliphatic rings. The van der Waals surface area contributed by atoms with Gasteiger partial charge in [0.1, 0.15) is 0 Å². The average Bonchev–Trinajstić information content (AvgIpc) is 2.94. The lowest BCUT2D eigenvalue weighted by Gasteiger charge is -2.22. The Bertz CT molecular complexity index is 558. The lowest BCUT2D eigenvalue weighted by atomic mass is 9.87. The summed E-state index contributed by atoms with van der Waals surface area (Å²) >= 11 is 0. The molecule has 110 valence electrons. The van der Waals surface area contributed by atoms with E-state index < -0.39 is 0 Å². The predicted molar refractivity (Wildman–Crippen MR) is 87.2 cm³/mol. The maximum Gasteiger partial charge on any atom is 0.0820 e. The van der Waals surface area contributed by atoms with E-state index in [-0.39, 0.29) is 6.10 Å². The van der Waals surface area contributed by atoms with Crippen LogP contribution in [0, 0.1) is 11.8 Å². The number of aliphatic hydroxyl groups excluding tert-OH is 1. The van der Waals surface area contributed by atoms with Crippen LogP contribution in [0.25, 0.3) is 0 Å². The van der Waals surface area contributed by atoms with Gasteiger partial charge in [-0.3, -0.25) is 0 Å². The zero-order valence-corrected chi connectivity index (χ0v) is 12.7. The molecule has 1 nitrogen and oxygen atoms in total. The highest BCUT2D eigenvalue weighted by atomic mass is 16.3. The van der Waals surface area contributed by atoms with Crippen LogP contribution in [0.1, 0.15) is 49.0 Å². The molecule has 0 spiro atoms. The van der Waals surface area contributed by atoms with Crippen LogP contribution in [0.3, 0.4) is 0 Å². The Labute approximate surface area is 127 Å². The molecule has 3 rings (SSSR count). The summed E-state index contributed by atoms with van der Waals surface area (Å²) in [5, 5.41) is 10.6. The molecule has 2 aromatic carbocycles. The van der Waals surface area contributed by atoms with Gasteiger partial charge in [0.2, 0.25) is 0 Å². The fourth-order valence-electron chi connectivity index (χ4n) is 3.55. The maximum absolute atomic E-state index is 10.6. The summed E-state index contributed by atoms with van der Waals surface area (Å²) in [4.78, 5) is 0. The second-order valence-corrected chi connectivity index (χ2v) is 6.42. The zero-order valence-electron chi connectivity index (χ0n) is 12.7. The quantitative estimate of drug-likeness (QED) is 0.857. The van der Waals surface area contributed by atoms with Crippen LogP contribution in [-0.4, -0.2) is 5.11 Å². The van der Waals surface area contributed by atoms with Crippen molar-refractivity contribution in [3.8, 4) is 0 Å². The topological polar surface area (TPSA) is 20.2 Å². The number of hydrogen-bond donors (Lipinski definition) is 1. The number of benzene rings is 2. The molecule has 0 saturated heterocycles. The summed E-state index contributed by atoms with van der Waals surface area (Å²) in [7, 11) is 0. The van der Waals surface area contributed by atoms with Crippen LogP contribution in [0.2, 0.25) is 0 Å². The average molecular weight is 280 g/mol. The SMILES string of the molecule is CC1CCCC1C(O)c1ccc(Cc2ccccc2)cc1. The van der Waals surface area contributed by atoms with Crippen molar-refractivity contribution in [2.45, 2.75) is 38.7 Å². The lowest BCUT2D eigenvalue weighted by Crippen LogP contribution is -2.15. The largest absolute Gasteiger partial charge is 0.388 e. The number of aliphatic hydroxyl groups is 1. The summed E-state index contributed by atoms with van der Waals surface area (Å²) in [6, 6.07) is 19.0. The molecule has 1 N–H and O–H groups in total. The van der Waals surface area contributed by atoms with Gasteiger partial charge in [-0.15, -0.1) is 0 Å². The Morgan fingerprint density at radius 3 is 2.24 bits per heavy atom. The second kappa shape index (κ2) is 6.44. The fourth-order valence-corrected chi connectivity index (χ4v) is 3.55. The molecule has 2 aromatic rings. The van der Waals surface area contributed by atoms with Crippen LogP contribution in [-0.2, 0) is 6.42 Å². The minimum Gasteiger partial charge on any atom is -0.388 e. The van der Waals surface area contributed by atoms with Gasteiger partial charge < -0.3 is 5.11 Å². The third-order valence-electron chi connectivity index (χ3n) is 4.91.